The minimum atomic E-state index is -0.548. The van der Waals surface area contributed by atoms with Crippen LogP contribution in [0.2, 0.25) is 0 Å². The van der Waals surface area contributed by atoms with Gasteiger partial charge in [-0.25, -0.2) is 9.79 Å². The molecule has 2 aliphatic rings. The lowest BCUT2D eigenvalue weighted by atomic mass is 9.94. The first kappa shape index (κ1) is 20.5. The number of carbonyl (C=O) groups is 2. The lowest BCUT2D eigenvalue weighted by molar-refractivity contribution is -0.141. The maximum absolute atomic E-state index is 12.9. The normalized spacial score (nSPS) is 21.7. The number of carbonyl (C=O) groups excluding carboxylic acids is 2. The summed E-state index contributed by atoms with van der Waals surface area (Å²) in [6.45, 7) is 10.4. The van der Waals surface area contributed by atoms with Crippen LogP contribution in [0.4, 0.5) is 0 Å². The minimum absolute atomic E-state index is 0.0516. The van der Waals surface area contributed by atoms with E-state index in [4.69, 9.17) is 9.47 Å². The number of amides is 1. The molecule has 2 aliphatic heterocycles. The van der Waals surface area contributed by atoms with Crippen molar-refractivity contribution in [2.75, 3.05) is 13.2 Å². The zero-order valence-electron chi connectivity index (χ0n) is 16.9. The van der Waals surface area contributed by atoms with Crippen LogP contribution in [0.5, 0.6) is 5.75 Å². The predicted octanol–water partition coefficient (Wildman–Crippen LogP) is 3.93. The molecule has 1 aromatic carbocycles. The van der Waals surface area contributed by atoms with E-state index in [0.29, 0.717) is 29.7 Å². The summed E-state index contributed by atoms with van der Waals surface area (Å²) in [6.07, 6.45) is 0. The third kappa shape index (κ3) is 3.94. The van der Waals surface area contributed by atoms with Crippen molar-refractivity contribution in [3.8, 4) is 5.75 Å². The van der Waals surface area contributed by atoms with Crippen LogP contribution in [0.3, 0.4) is 0 Å². The average Bonchev–Trinajstić information content (AvgIpc) is 2.93. The van der Waals surface area contributed by atoms with Gasteiger partial charge in [0, 0.05) is 0 Å². The summed E-state index contributed by atoms with van der Waals surface area (Å²) < 4.78 is 11.0. The topological polar surface area (TPSA) is 68.2 Å². The summed E-state index contributed by atoms with van der Waals surface area (Å²) in [4.78, 5) is 31.9. The van der Waals surface area contributed by atoms with Crippen molar-refractivity contribution < 1.29 is 19.1 Å². The van der Waals surface area contributed by atoms with Crippen LogP contribution in [0, 0.1) is 5.92 Å². The van der Waals surface area contributed by atoms with Gasteiger partial charge in [-0.2, -0.15) is 0 Å². The fourth-order valence-corrected chi connectivity index (χ4v) is 4.24. The van der Waals surface area contributed by atoms with Crippen molar-refractivity contribution in [2.24, 2.45) is 10.9 Å². The SMILES string of the molecule is CCOc1ccc(C2C(C(=O)OCC(C)C)=C(C)N=C3SC(C)C(=O)N32)cc1. The molecule has 1 amide bonds. The van der Waals surface area contributed by atoms with E-state index >= 15 is 0 Å². The average molecular weight is 403 g/mol. The molecule has 7 heteroatoms. The predicted molar refractivity (Wildman–Crippen MR) is 110 cm³/mol. The Balaban J connectivity index is 2.03. The summed E-state index contributed by atoms with van der Waals surface area (Å²) in [5.74, 6) is 0.492. The molecule has 28 heavy (non-hydrogen) atoms. The molecule has 0 aromatic heterocycles. The van der Waals surface area contributed by atoms with Gasteiger partial charge < -0.3 is 9.47 Å². The third-order valence-electron chi connectivity index (χ3n) is 4.53. The Bertz CT molecular complexity index is 829. The number of esters is 1. The number of hydrogen-bond acceptors (Lipinski definition) is 6. The second-order valence-corrected chi connectivity index (χ2v) is 8.57. The molecule has 6 nitrogen and oxygen atoms in total. The number of benzene rings is 1. The fraction of sp³-hybridized carbons (Fsp3) is 0.476. The maximum Gasteiger partial charge on any atom is 0.338 e. The molecular weight excluding hydrogens is 376 g/mol. The van der Waals surface area contributed by atoms with Gasteiger partial charge in [0.1, 0.15) is 5.75 Å². The number of fused-ring (bicyclic) bond motifs is 1. The van der Waals surface area contributed by atoms with E-state index in [1.807, 2.05) is 52.0 Å². The van der Waals surface area contributed by atoms with E-state index in [1.165, 1.54) is 11.8 Å². The molecule has 2 heterocycles. The summed E-state index contributed by atoms with van der Waals surface area (Å²) in [7, 11) is 0. The third-order valence-corrected chi connectivity index (χ3v) is 5.59. The van der Waals surface area contributed by atoms with Crippen molar-refractivity contribution in [2.45, 2.75) is 45.9 Å². The summed E-state index contributed by atoms with van der Waals surface area (Å²) in [5, 5.41) is 0.400. The van der Waals surface area contributed by atoms with Crippen molar-refractivity contribution in [3.05, 3.63) is 41.1 Å². The van der Waals surface area contributed by atoms with E-state index in [2.05, 4.69) is 4.99 Å². The zero-order chi connectivity index (χ0) is 20.4. The van der Waals surface area contributed by atoms with Crippen LogP contribution in [0.1, 0.15) is 46.2 Å². The van der Waals surface area contributed by atoms with Gasteiger partial charge in [-0.15, -0.1) is 0 Å². The Morgan fingerprint density at radius 1 is 1.29 bits per heavy atom. The van der Waals surface area contributed by atoms with E-state index in [9.17, 15) is 9.59 Å². The largest absolute Gasteiger partial charge is 0.494 e. The zero-order valence-corrected chi connectivity index (χ0v) is 17.7. The molecule has 3 rings (SSSR count). The molecule has 2 atom stereocenters. The number of aliphatic imine (C=N–C) groups is 1. The first-order valence-electron chi connectivity index (χ1n) is 9.52. The number of ether oxygens (including phenoxy) is 2. The first-order chi connectivity index (χ1) is 13.3. The Labute approximate surface area is 170 Å². The smallest absolute Gasteiger partial charge is 0.338 e. The molecule has 150 valence electrons. The van der Waals surface area contributed by atoms with Crippen LogP contribution < -0.4 is 4.74 Å². The molecule has 0 N–H and O–H groups in total. The second-order valence-electron chi connectivity index (χ2n) is 7.26. The number of hydrogen-bond donors (Lipinski definition) is 0. The van der Waals surface area contributed by atoms with Crippen LogP contribution in [0.25, 0.3) is 0 Å². The molecule has 1 fully saturated rings. The van der Waals surface area contributed by atoms with Gasteiger partial charge in [-0.3, -0.25) is 9.69 Å². The molecule has 0 saturated carbocycles. The van der Waals surface area contributed by atoms with E-state index in [-0.39, 0.29) is 17.1 Å². The van der Waals surface area contributed by atoms with Gasteiger partial charge in [0.2, 0.25) is 5.91 Å². The molecule has 0 radical (unpaired) electrons. The van der Waals surface area contributed by atoms with Crippen molar-refractivity contribution in [3.63, 3.8) is 0 Å². The molecule has 1 saturated heterocycles. The van der Waals surface area contributed by atoms with Crippen molar-refractivity contribution >= 4 is 28.8 Å². The highest BCUT2D eigenvalue weighted by Gasteiger charge is 2.46. The molecule has 0 aliphatic carbocycles. The van der Waals surface area contributed by atoms with Crippen LogP contribution >= 0.6 is 11.8 Å². The van der Waals surface area contributed by atoms with E-state index < -0.39 is 12.0 Å². The maximum atomic E-state index is 12.9. The van der Waals surface area contributed by atoms with Gasteiger partial charge in [0.05, 0.1) is 35.8 Å². The van der Waals surface area contributed by atoms with Gasteiger partial charge in [0.25, 0.3) is 0 Å². The van der Waals surface area contributed by atoms with Gasteiger partial charge >= 0.3 is 5.97 Å². The standard InChI is InChI=1S/C21H26N2O4S/c1-6-26-16-9-7-15(8-10-16)18-17(20(25)27-11-12(2)3)13(4)22-21-23(18)19(24)14(5)28-21/h7-10,12,14,18H,6,11H2,1-5H3. The number of rotatable bonds is 6. The Hall–Kier alpha value is -2.28. The van der Waals surface area contributed by atoms with Gasteiger partial charge in [0.15, 0.2) is 5.17 Å². The Morgan fingerprint density at radius 3 is 2.57 bits per heavy atom. The van der Waals surface area contributed by atoms with Crippen LogP contribution in [0.15, 0.2) is 40.5 Å². The minimum Gasteiger partial charge on any atom is -0.494 e. The lowest BCUT2D eigenvalue weighted by Crippen LogP contribution is -2.40. The van der Waals surface area contributed by atoms with Crippen LogP contribution in [-0.4, -0.2) is 40.4 Å². The molecule has 2 unspecified atom stereocenters. The van der Waals surface area contributed by atoms with Gasteiger partial charge in [-0.05, 0) is 44.4 Å². The number of nitrogens with zero attached hydrogens (tertiary/aromatic N) is 2. The molecular formula is C21H26N2O4S. The van der Waals surface area contributed by atoms with Gasteiger partial charge in [-0.1, -0.05) is 37.7 Å². The lowest BCUT2D eigenvalue weighted by Gasteiger charge is -2.33. The first-order valence-corrected chi connectivity index (χ1v) is 10.4. The highest BCUT2D eigenvalue weighted by molar-refractivity contribution is 8.15. The highest BCUT2D eigenvalue weighted by atomic mass is 32.2. The second kappa shape index (κ2) is 8.39. The summed E-state index contributed by atoms with van der Waals surface area (Å²) in [5.41, 5.74) is 1.83. The molecule has 0 spiro atoms. The van der Waals surface area contributed by atoms with E-state index in [1.54, 1.807) is 11.8 Å². The van der Waals surface area contributed by atoms with Crippen molar-refractivity contribution in [1.82, 2.24) is 4.90 Å². The van der Waals surface area contributed by atoms with Crippen LogP contribution in [-0.2, 0) is 14.3 Å². The molecule has 0 bridgehead atoms. The summed E-state index contributed by atoms with van der Waals surface area (Å²) >= 11 is 1.42. The Morgan fingerprint density at radius 2 is 1.96 bits per heavy atom. The quantitative estimate of drug-likeness (QED) is 0.675. The fourth-order valence-electron chi connectivity index (χ4n) is 3.21. The summed E-state index contributed by atoms with van der Waals surface area (Å²) in [6, 6.07) is 6.94. The Kier molecular flexibility index (Phi) is 6.13. The number of allylic oxidation sites excluding steroid dienone is 1. The van der Waals surface area contributed by atoms with E-state index in [0.717, 1.165) is 11.3 Å². The number of amidine groups is 1. The highest BCUT2D eigenvalue weighted by Crippen LogP contribution is 2.43. The number of thioether (sulfide) groups is 1. The monoisotopic (exact) mass is 402 g/mol. The molecule has 1 aromatic rings. The van der Waals surface area contributed by atoms with Crippen molar-refractivity contribution in [1.29, 1.82) is 0 Å².